The molecule has 0 unspecified atom stereocenters. The third kappa shape index (κ3) is 3.02. The fourth-order valence-corrected chi connectivity index (χ4v) is 1.79. The van der Waals surface area contributed by atoms with E-state index in [0.717, 1.165) is 5.56 Å². The van der Waals surface area contributed by atoms with Crippen molar-refractivity contribution in [3.05, 3.63) is 35.1 Å². The topological polar surface area (TPSA) is 20.3 Å². The van der Waals surface area contributed by atoms with Crippen LogP contribution in [0, 0.1) is 12.7 Å². The number of alkyl halides is 1. The van der Waals surface area contributed by atoms with E-state index in [2.05, 4.69) is 15.9 Å². The van der Waals surface area contributed by atoms with Crippen molar-refractivity contribution in [1.29, 1.82) is 0 Å². The molecule has 0 aliphatic rings. The van der Waals surface area contributed by atoms with Crippen LogP contribution in [0.25, 0.3) is 0 Å². The summed E-state index contributed by atoms with van der Waals surface area (Å²) in [6.45, 7) is 2.41. The van der Waals surface area contributed by atoms with Gasteiger partial charge >= 0.3 is 0 Å². The van der Waals surface area contributed by atoms with Gasteiger partial charge in [-0.3, -0.25) is 4.79 Å². The zero-order valence-corrected chi connectivity index (χ0v) is 10.3. The van der Waals surface area contributed by atoms with Crippen molar-refractivity contribution < 1.29 is 9.18 Å². The predicted molar refractivity (Wildman–Crippen MR) is 61.9 cm³/mol. The number of halogens is 2. The third-order valence-corrected chi connectivity index (χ3v) is 2.55. The van der Waals surface area contributed by atoms with E-state index in [1.807, 2.05) is 0 Å². The monoisotopic (exact) mass is 273 g/mol. The molecule has 0 aliphatic heterocycles. The van der Waals surface area contributed by atoms with Gasteiger partial charge in [0.1, 0.15) is 5.82 Å². The van der Waals surface area contributed by atoms with Crippen LogP contribution in [-0.4, -0.2) is 29.7 Å². The van der Waals surface area contributed by atoms with Crippen molar-refractivity contribution in [2.24, 2.45) is 0 Å². The van der Waals surface area contributed by atoms with Gasteiger partial charge in [-0.25, -0.2) is 4.39 Å². The Morgan fingerprint density at radius 1 is 1.53 bits per heavy atom. The van der Waals surface area contributed by atoms with Crippen LogP contribution in [0.2, 0.25) is 0 Å². The lowest BCUT2D eigenvalue weighted by Gasteiger charge is -2.16. The molecule has 2 nitrogen and oxygen atoms in total. The predicted octanol–water partition coefficient (Wildman–Crippen LogP) is 2.60. The first-order valence-corrected chi connectivity index (χ1v) is 5.76. The van der Waals surface area contributed by atoms with Crippen LogP contribution in [0.5, 0.6) is 0 Å². The SMILES string of the molecule is Cc1ccc(F)cc1C(=O)N(C)CCBr. The number of nitrogens with zero attached hydrogens (tertiary/aromatic N) is 1. The summed E-state index contributed by atoms with van der Waals surface area (Å²) >= 11 is 3.26. The van der Waals surface area contributed by atoms with Gasteiger partial charge in [0, 0.05) is 24.5 Å². The number of carbonyl (C=O) groups is 1. The minimum absolute atomic E-state index is 0.147. The summed E-state index contributed by atoms with van der Waals surface area (Å²) in [6.07, 6.45) is 0. The summed E-state index contributed by atoms with van der Waals surface area (Å²) in [4.78, 5) is 13.4. The van der Waals surface area contributed by atoms with Gasteiger partial charge in [0.05, 0.1) is 0 Å². The maximum atomic E-state index is 13.0. The number of carbonyl (C=O) groups excluding carboxylic acids is 1. The van der Waals surface area contributed by atoms with E-state index in [-0.39, 0.29) is 11.7 Å². The number of hydrogen-bond donors (Lipinski definition) is 0. The molecule has 0 spiro atoms. The van der Waals surface area contributed by atoms with Crippen LogP contribution in [0.4, 0.5) is 4.39 Å². The van der Waals surface area contributed by atoms with Crippen LogP contribution in [0.15, 0.2) is 18.2 Å². The normalized spacial score (nSPS) is 10.1. The fraction of sp³-hybridized carbons (Fsp3) is 0.364. The van der Waals surface area contributed by atoms with Gasteiger partial charge < -0.3 is 4.90 Å². The van der Waals surface area contributed by atoms with Crippen LogP contribution in [-0.2, 0) is 0 Å². The number of aryl methyl sites for hydroxylation is 1. The molecule has 1 aromatic carbocycles. The van der Waals surface area contributed by atoms with Gasteiger partial charge in [-0.05, 0) is 24.6 Å². The minimum atomic E-state index is -0.379. The molecule has 0 atom stereocenters. The molecular formula is C11H13BrFNO. The lowest BCUT2D eigenvalue weighted by atomic mass is 10.1. The molecule has 0 aliphatic carbocycles. The van der Waals surface area contributed by atoms with Crippen LogP contribution in [0.3, 0.4) is 0 Å². The maximum absolute atomic E-state index is 13.0. The second-order valence-electron chi connectivity index (χ2n) is 3.37. The van der Waals surface area contributed by atoms with E-state index >= 15 is 0 Å². The first kappa shape index (κ1) is 12.2. The van der Waals surface area contributed by atoms with Crippen molar-refractivity contribution in [3.63, 3.8) is 0 Å². The van der Waals surface area contributed by atoms with Crippen LogP contribution >= 0.6 is 15.9 Å². The Bertz CT molecular complexity index is 368. The second kappa shape index (κ2) is 5.26. The zero-order chi connectivity index (χ0) is 11.4. The summed E-state index contributed by atoms with van der Waals surface area (Å²) in [6, 6.07) is 4.25. The molecule has 0 aromatic heterocycles. The van der Waals surface area contributed by atoms with Crippen molar-refractivity contribution in [1.82, 2.24) is 4.90 Å². The molecule has 82 valence electrons. The van der Waals surface area contributed by atoms with E-state index in [4.69, 9.17) is 0 Å². The molecule has 0 fully saturated rings. The smallest absolute Gasteiger partial charge is 0.253 e. The van der Waals surface area contributed by atoms with Gasteiger partial charge in [0.2, 0.25) is 0 Å². The molecule has 1 amide bonds. The molecule has 0 N–H and O–H groups in total. The summed E-state index contributed by atoms with van der Waals surface area (Å²) in [5.41, 5.74) is 1.22. The highest BCUT2D eigenvalue weighted by Crippen LogP contribution is 2.12. The van der Waals surface area contributed by atoms with Crippen molar-refractivity contribution in [2.45, 2.75) is 6.92 Å². The van der Waals surface area contributed by atoms with Crippen molar-refractivity contribution in [3.8, 4) is 0 Å². The van der Waals surface area contributed by atoms with E-state index in [1.165, 1.54) is 12.1 Å². The van der Waals surface area contributed by atoms with Gasteiger partial charge in [-0.15, -0.1) is 0 Å². The third-order valence-electron chi connectivity index (χ3n) is 2.20. The Morgan fingerprint density at radius 2 is 2.20 bits per heavy atom. The van der Waals surface area contributed by atoms with Crippen LogP contribution < -0.4 is 0 Å². The summed E-state index contributed by atoms with van der Waals surface area (Å²) in [7, 11) is 1.70. The lowest BCUT2D eigenvalue weighted by molar-refractivity contribution is 0.0803. The molecule has 0 heterocycles. The standard InChI is InChI=1S/C11H13BrFNO/c1-8-3-4-9(13)7-10(8)11(15)14(2)6-5-12/h3-4,7H,5-6H2,1-2H3. The molecule has 15 heavy (non-hydrogen) atoms. The Labute approximate surface area is 97.2 Å². The van der Waals surface area contributed by atoms with E-state index in [9.17, 15) is 9.18 Å². The van der Waals surface area contributed by atoms with Gasteiger partial charge in [-0.2, -0.15) is 0 Å². The quantitative estimate of drug-likeness (QED) is 0.776. The van der Waals surface area contributed by atoms with Gasteiger partial charge in [-0.1, -0.05) is 22.0 Å². The van der Waals surface area contributed by atoms with Crippen molar-refractivity contribution >= 4 is 21.8 Å². The van der Waals surface area contributed by atoms with E-state index < -0.39 is 0 Å². The molecule has 4 heteroatoms. The summed E-state index contributed by atoms with van der Waals surface area (Å²) < 4.78 is 13.0. The zero-order valence-electron chi connectivity index (χ0n) is 8.76. The van der Waals surface area contributed by atoms with Crippen molar-refractivity contribution in [2.75, 3.05) is 18.9 Å². The Morgan fingerprint density at radius 3 is 2.80 bits per heavy atom. The first-order valence-electron chi connectivity index (χ1n) is 4.64. The lowest BCUT2D eigenvalue weighted by Crippen LogP contribution is -2.29. The number of amides is 1. The average molecular weight is 274 g/mol. The highest BCUT2D eigenvalue weighted by atomic mass is 79.9. The van der Waals surface area contributed by atoms with Gasteiger partial charge in [0.25, 0.3) is 5.91 Å². The highest BCUT2D eigenvalue weighted by Gasteiger charge is 2.13. The Kier molecular flexibility index (Phi) is 4.27. The molecule has 0 bridgehead atoms. The molecular weight excluding hydrogens is 261 g/mol. The number of rotatable bonds is 3. The molecule has 1 aromatic rings. The van der Waals surface area contributed by atoms with E-state index in [1.54, 1.807) is 24.9 Å². The average Bonchev–Trinajstić information content (AvgIpc) is 2.21. The van der Waals surface area contributed by atoms with Crippen LogP contribution in [0.1, 0.15) is 15.9 Å². The molecule has 0 saturated carbocycles. The fourth-order valence-electron chi connectivity index (χ4n) is 1.26. The minimum Gasteiger partial charge on any atom is -0.341 e. The first-order chi connectivity index (χ1) is 7.06. The Balaban J connectivity index is 2.95. The number of benzene rings is 1. The largest absolute Gasteiger partial charge is 0.341 e. The molecule has 1 rings (SSSR count). The molecule has 0 saturated heterocycles. The van der Waals surface area contributed by atoms with E-state index in [0.29, 0.717) is 17.4 Å². The second-order valence-corrected chi connectivity index (χ2v) is 4.17. The summed E-state index contributed by atoms with van der Waals surface area (Å²) in [5, 5.41) is 0.712. The maximum Gasteiger partial charge on any atom is 0.253 e. The highest BCUT2D eigenvalue weighted by molar-refractivity contribution is 9.09. The Hall–Kier alpha value is -0.900. The summed E-state index contributed by atoms with van der Waals surface area (Å²) in [5.74, 6) is -0.525. The number of hydrogen-bond acceptors (Lipinski definition) is 1. The van der Waals surface area contributed by atoms with Gasteiger partial charge in [0.15, 0.2) is 0 Å². The molecule has 0 radical (unpaired) electrons.